The standard InChI is InChI=1S/C23H26N4O3/c24-21(28)18-12-19(14-25-13-18)26-22(29)23(30)27-10-2-1-9-20(27)17-8-4-7-16(11-17)15-5-3-6-15/h4,7-8,11-15,20H,1-3,5-6,9-10H2,(H2,24,28)(H,26,29)/t20-/m0/s1. The molecule has 1 aromatic carbocycles. The molecule has 30 heavy (non-hydrogen) atoms. The fourth-order valence-corrected chi connectivity index (χ4v) is 4.24. The van der Waals surface area contributed by atoms with E-state index in [4.69, 9.17) is 5.73 Å². The number of rotatable bonds is 4. The van der Waals surface area contributed by atoms with Gasteiger partial charge in [-0.3, -0.25) is 19.4 Å². The van der Waals surface area contributed by atoms with Crippen molar-refractivity contribution in [1.29, 1.82) is 0 Å². The van der Waals surface area contributed by atoms with Gasteiger partial charge in [0.15, 0.2) is 0 Å². The summed E-state index contributed by atoms with van der Waals surface area (Å²) in [6.45, 7) is 0.546. The summed E-state index contributed by atoms with van der Waals surface area (Å²) in [5.41, 5.74) is 8.12. The van der Waals surface area contributed by atoms with Crippen LogP contribution in [0.5, 0.6) is 0 Å². The Morgan fingerprint density at radius 2 is 1.80 bits per heavy atom. The van der Waals surface area contributed by atoms with E-state index in [2.05, 4.69) is 34.6 Å². The average molecular weight is 406 g/mol. The molecule has 0 radical (unpaired) electrons. The van der Waals surface area contributed by atoms with Crippen molar-refractivity contribution in [3.8, 4) is 0 Å². The van der Waals surface area contributed by atoms with Crippen molar-refractivity contribution in [2.24, 2.45) is 5.73 Å². The first kappa shape index (κ1) is 20.1. The molecule has 0 bridgehead atoms. The fraction of sp³-hybridized carbons (Fsp3) is 0.391. The van der Waals surface area contributed by atoms with Crippen LogP contribution in [0.1, 0.15) is 72.0 Å². The van der Waals surface area contributed by atoms with Crippen LogP contribution >= 0.6 is 0 Å². The van der Waals surface area contributed by atoms with Crippen molar-refractivity contribution in [2.45, 2.75) is 50.5 Å². The minimum Gasteiger partial charge on any atom is -0.366 e. The molecule has 1 aliphatic carbocycles. The van der Waals surface area contributed by atoms with E-state index in [1.807, 2.05) is 0 Å². The summed E-state index contributed by atoms with van der Waals surface area (Å²) in [5, 5.41) is 2.55. The summed E-state index contributed by atoms with van der Waals surface area (Å²) in [5.74, 6) is -1.34. The van der Waals surface area contributed by atoms with Gasteiger partial charge in [-0.05, 0) is 55.2 Å². The number of anilines is 1. The molecule has 0 spiro atoms. The number of carbonyl (C=O) groups is 3. The highest BCUT2D eigenvalue weighted by Gasteiger charge is 2.32. The molecule has 3 N–H and O–H groups in total. The normalized spacial score (nSPS) is 19.1. The van der Waals surface area contributed by atoms with Crippen LogP contribution in [0.15, 0.2) is 42.7 Å². The zero-order valence-electron chi connectivity index (χ0n) is 16.8. The number of piperidine rings is 1. The summed E-state index contributed by atoms with van der Waals surface area (Å²) in [6.07, 6.45) is 9.14. The summed E-state index contributed by atoms with van der Waals surface area (Å²) < 4.78 is 0. The number of likely N-dealkylation sites (tertiary alicyclic amines) is 1. The van der Waals surface area contributed by atoms with Gasteiger partial charge in [0.25, 0.3) is 0 Å². The molecule has 1 aliphatic heterocycles. The SMILES string of the molecule is NC(=O)c1cncc(NC(=O)C(=O)N2CCCC[C@H]2c2cccc(C3CCC3)c2)c1. The number of nitrogens with zero attached hydrogens (tertiary/aromatic N) is 2. The third-order valence-electron chi connectivity index (χ3n) is 6.11. The lowest BCUT2D eigenvalue weighted by atomic mass is 9.79. The molecule has 1 atom stereocenters. The zero-order chi connectivity index (χ0) is 21.1. The third kappa shape index (κ3) is 4.20. The van der Waals surface area contributed by atoms with Gasteiger partial charge in [0.2, 0.25) is 5.91 Å². The van der Waals surface area contributed by atoms with E-state index in [0.717, 1.165) is 24.8 Å². The van der Waals surface area contributed by atoms with Crippen LogP contribution in [0.4, 0.5) is 5.69 Å². The largest absolute Gasteiger partial charge is 0.366 e. The van der Waals surface area contributed by atoms with Crippen molar-refractivity contribution in [2.75, 3.05) is 11.9 Å². The molecule has 2 aromatic rings. The number of aromatic nitrogens is 1. The molecule has 3 amide bonds. The summed E-state index contributed by atoms with van der Waals surface area (Å²) >= 11 is 0. The molecular formula is C23H26N4O3. The Morgan fingerprint density at radius 3 is 2.53 bits per heavy atom. The Labute approximate surface area is 175 Å². The monoisotopic (exact) mass is 406 g/mol. The lowest BCUT2D eigenvalue weighted by molar-refractivity contribution is -0.145. The molecular weight excluding hydrogens is 380 g/mol. The minimum atomic E-state index is -0.736. The van der Waals surface area contributed by atoms with E-state index in [9.17, 15) is 14.4 Å². The Balaban J connectivity index is 1.51. The number of carbonyl (C=O) groups excluding carboxylic acids is 3. The molecule has 156 valence electrons. The number of primary amides is 1. The summed E-state index contributed by atoms with van der Waals surface area (Å²) in [7, 11) is 0. The van der Waals surface area contributed by atoms with E-state index < -0.39 is 17.7 Å². The molecule has 2 heterocycles. The van der Waals surface area contributed by atoms with Crippen LogP contribution in [0, 0.1) is 0 Å². The fourth-order valence-electron chi connectivity index (χ4n) is 4.24. The van der Waals surface area contributed by atoms with Gasteiger partial charge in [-0.15, -0.1) is 0 Å². The molecule has 0 unspecified atom stereocenters. The maximum Gasteiger partial charge on any atom is 0.313 e. The molecule has 1 saturated carbocycles. The van der Waals surface area contributed by atoms with Crippen LogP contribution in [0.2, 0.25) is 0 Å². The van der Waals surface area contributed by atoms with Gasteiger partial charge in [0.1, 0.15) is 0 Å². The highest BCUT2D eigenvalue weighted by molar-refractivity contribution is 6.39. The lowest BCUT2D eigenvalue weighted by Crippen LogP contribution is -2.44. The van der Waals surface area contributed by atoms with Crippen LogP contribution in [-0.2, 0) is 9.59 Å². The van der Waals surface area contributed by atoms with Crippen molar-refractivity contribution >= 4 is 23.4 Å². The first-order valence-corrected chi connectivity index (χ1v) is 10.5. The van der Waals surface area contributed by atoms with Crippen molar-refractivity contribution in [1.82, 2.24) is 9.88 Å². The first-order valence-electron chi connectivity index (χ1n) is 10.5. The van der Waals surface area contributed by atoms with Gasteiger partial charge in [-0.25, -0.2) is 0 Å². The number of hydrogen-bond acceptors (Lipinski definition) is 4. The Bertz CT molecular complexity index is 970. The maximum atomic E-state index is 13.0. The second-order valence-corrected chi connectivity index (χ2v) is 8.09. The Morgan fingerprint density at radius 1 is 1.00 bits per heavy atom. The predicted molar refractivity (Wildman–Crippen MR) is 113 cm³/mol. The second kappa shape index (κ2) is 8.65. The number of amides is 3. The van der Waals surface area contributed by atoms with Crippen LogP contribution < -0.4 is 11.1 Å². The van der Waals surface area contributed by atoms with Gasteiger partial charge < -0.3 is 16.0 Å². The third-order valence-corrected chi connectivity index (χ3v) is 6.11. The molecule has 7 nitrogen and oxygen atoms in total. The van der Waals surface area contributed by atoms with Crippen LogP contribution in [0.25, 0.3) is 0 Å². The predicted octanol–water partition coefficient (Wildman–Crippen LogP) is 3.14. The summed E-state index contributed by atoms with van der Waals surface area (Å²) in [4.78, 5) is 42.5. The van der Waals surface area contributed by atoms with Crippen LogP contribution in [0.3, 0.4) is 0 Å². The highest BCUT2D eigenvalue weighted by atomic mass is 16.2. The zero-order valence-corrected chi connectivity index (χ0v) is 16.8. The molecule has 4 rings (SSSR count). The smallest absolute Gasteiger partial charge is 0.313 e. The number of hydrogen-bond donors (Lipinski definition) is 2. The highest BCUT2D eigenvalue weighted by Crippen LogP contribution is 2.38. The second-order valence-electron chi connectivity index (χ2n) is 8.09. The van der Waals surface area contributed by atoms with Crippen molar-refractivity contribution < 1.29 is 14.4 Å². The summed E-state index contributed by atoms with van der Waals surface area (Å²) in [6, 6.07) is 9.78. The molecule has 7 heteroatoms. The molecule has 2 fully saturated rings. The lowest BCUT2D eigenvalue weighted by Gasteiger charge is -2.36. The van der Waals surface area contributed by atoms with E-state index in [-0.39, 0.29) is 17.3 Å². The van der Waals surface area contributed by atoms with Crippen molar-refractivity contribution in [3.05, 3.63) is 59.4 Å². The number of nitrogens with one attached hydrogen (secondary N) is 1. The van der Waals surface area contributed by atoms with E-state index in [1.165, 1.54) is 43.3 Å². The molecule has 1 aromatic heterocycles. The Kier molecular flexibility index (Phi) is 5.79. The van der Waals surface area contributed by atoms with Gasteiger partial charge in [0, 0.05) is 12.7 Å². The minimum absolute atomic E-state index is 0.105. The quantitative estimate of drug-likeness (QED) is 0.761. The van der Waals surface area contributed by atoms with E-state index >= 15 is 0 Å². The van der Waals surface area contributed by atoms with Gasteiger partial charge >= 0.3 is 11.8 Å². The van der Waals surface area contributed by atoms with E-state index in [1.54, 1.807) is 4.90 Å². The van der Waals surface area contributed by atoms with Gasteiger partial charge in [-0.2, -0.15) is 0 Å². The Hall–Kier alpha value is -3.22. The average Bonchev–Trinajstić information content (AvgIpc) is 2.72. The topological polar surface area (TPSA) is 105 Å². The van der Waals surface area contributed by atoms with Crippen LogP contribution in [-0.4, -0.2) is 34.2 Å². The van der Waals surface area contributed by atoms with E-state index in [0.29, 0.717) is 12.5 Å². The van der Waals surface area contributed by atoms with Gasteiger partial charge in [-0.1, -0.05) is 30.7 Å². The maximum absolute atomic E-state index is 13.0. The number of benzene rings is 1. The number of pyridine rings is 1. The number of nitrogens with two attached hydrogens (primary N) is 1. The van der Waals surface area contributed by atoms with Gasteiger partial charge in [0.05, 0.1) is 23.5 Å². The molecule has 2 aliphatic rings. The first-order chi connectivity index (χ1) is 14.5. The van der Waals surface area contributed by atoms with Crippen molar-refractivity contribution in [3.63, 3.8) is 0 Å². The molecule has 1 saturated heterocycles.